The van der Waals surface area contributed by atoms with Crippen LogP contribution in [0.2, 0.25) is 0 Å². The van der Waals surface area contributed by atoms with Gasteiger partial charge in [-0.2, -0.15) is 0 Å². The van der Waals surface area contributed by atoms with Crippen LogP contribution in [0.4, 0.5) is 0 Å². The third kappa shape index (κ3) is 4.40. The fourth-order valence-electron chi connectivity index (χ4n) is 1.48. The van der Waals surface area contributed by atoms with Crippen molar-refractivity contribution in [3.63, 3.8) is 0 Å². The van der Waals surface area contributed by atoms with Crippen LogP contribution in [0.1, 0.15) is 31.9 Å². The zero-order valence-electron chi connectivity index (χ0n) is 11.9. The Morgan fingerprint density at radius 2 is 1.89 bits per heavy atom. The normalized spacial score (nSPS) is 12.3. The summed E-state index contributed by atoms with van der Waals surface area (Å²) >= 11 is 0. The van der Waals surface area contributed by atoms with Crippen LogP contribution in [0.5, 0.6) is 5.75 Å². The van der Waals surface area contributed by atoms with Gasteiger partial charge in [0.15, 0.2) is 0 Å². The molecule has 0 aliphatic rings. The van der Waals surface area contributed by atoms with Crippen molar-refractivity contribution < 1.29 is 9.53 Å². The van der Waals surface area contributed by atoms with Crippen molar-refractivity contribution in [2.24, 2.45) is 5.92 Å². The highest BCUT2D eigenvalue weighted by atomic mass is 16.5. The van der Waals surface area contributed by atoms with Gasteiger partial charge in [-0.15, -0.1) is 0 Å². The van der Waals surface area contributed by atoms with Gasteiger partial charge in [0.25, 0.3) is 0 Å². The molecule has 1 N–H and O–H groups in total. The number of aryl methyl sites for hydroxylation is 2. The molecule has 1 aromatic carbocycles. The minimum Gasteiger partial charge on any atom is -0.491 e. The van der Waals surface area contributed by atoms with Crippen LogP contribution >= 0.6 is 0 Å². The average Bonchev–Trinajstić information content (AvgIpc) is 2.30. The smallest absolute Gasteiger partial charge is 0.222 e. The molecule has 0 aliphatic carbocycles. The number of carbonyl (C=O) groups is 1. The molecule has 0 bridgehead atoms. The molecule has 0 fully saturated rings. The van der Waals surface area contributed by atoms with Gasteiger partial charge in [0.05, 0.1) is 6.04 Å². The second-order valence-electron chi connectivity index (χ2n) is 5.12. The first kappa shape index (κ1) is 14.6. The third-order valence-corrected chi connectivity index (χ3v) is 2.89. The van der Waals surface area contributed by atoms with Crippen LogP contribution in [-0.4, -0.2) is 18.6 Å². The van der Waals surface area contributed by atoms with Gasteiger partial charge >= 0.3 is 0 Å². The number of carbonyl (C=O) groups excluding carboxylic acids is 1. The Balaban J connectivity index is 2.45. The molecule has 100 valence electrons. The first-order valence-electron chi connectivity index (χ1n) is 6.40. The summed E-state index contributed by atoms with van der Waals surface area (Å²) in [5, 5.41) is 2.91. The minimum absolute atomic E-state index is 0.00840. The maximum Gasteiger partial charge on any atom is 0.222 e. The Kier molecular flexibility index (Phi) is 5.20. The van der Waals surface area contributed by atoms with Gasteiger partial charge in [0.2, 0.25) is 5.91 Å². The lowest BCUT2D eigenvalue weighted by atomic mass is 10.1. The van der Waals surface area contributed by atoms with E-state index < -0.39 is 0 Å². The van der Waals surface area contributed by atoms with Crippen molar-refractivity contribution in [1.82, 2.24) is 5.32 Å². The second kappa shape index (κ2) is 6.43. The topological polar surface area (TPSA) is 38.3 Å². The van der Waals surface area contributed by atoms with Gasteiger partial charge in [-0.1, -0.05) is 19.9 Å². The average molecular weight is 249 g/mol. The van der Waals surface area contributed by atoms with E-state index in [2.05, 4.69) is 19.2 Å². The summed E-state index contributed by atoms with van der Waals surface area (Å²) in [6.07, 6.45) is 0. The molecule has 3 heteroatoms. The maximum atomic E-state index is 11.5. The molecule has 0 unspecified atom stereocenters. The molecule has 18 heavy (non-hydrogen) atoms. The first-order chi connectivity index (χ1) is 8.40. The van der Waals surface area contributed by atoms with Gasteiger partial charge in [-0.3, -0.25) is 4.79 Å². The van der Waals surface area contributed by atoms with E-state index in [0.29, 0.717) is 6.61 Å². The quantitative estimate of drug-likeness (QED) is 0.871. The van der Waals surface area contributed by atoms with Gasteiger partial charge in [0.1, 0.15) is 12.4 Å². The lowest BCUT2D eigenvalue weighted by molar-refractivity contribution is -0.124. The Morgan fingerprint density at radius 1 is 1.22 bits per heavy atom. The zero-order valence-corrected chi connectivity index (χ0v) is 11.9. The van der Waals surface area contributed by atoms with Crippen molar-refractivity contribution in [2.45, 2.75) is 40.7 Å². The molecule has 0 heterocycles. The van der Waals surface area contributed by atoms with Gasteiger partial charge in [-0.05, 0) is 44.0 Å². The minimum atomic E-state index is 0.00840. The lowest BCUT2D eigenvalue weighted by Gasteiger charge is -2.16. The molecule has 0 spiro atoms. The largest absolute Gasteiger partial charge is 0.491 e. The Morgan fingerprint density at radius 3 is 2.44 bits per heavy atom. The molecular formula is C15H23NO2. The van der Waals surface area contributed by atoms with Crippen LogP contribution in [0.25, 0.3) is 0 Å². The molecule has 1 atom stereocenters. The molecular weight excluding hydrogens is 226 g/mol. The summed E-state index contributed by atoms with van der Waals surface area (Å²) in [5.41, 5.74) is 2.47. The third-order valence-electron chi connectivity index (χ3n) is 2.89. The molecule has 1 aromatic rings. The van der Waals surface area contributed by atoms with E-state index in [-0.39, 0.29) is 17.9 Å². The summed E-state index contributed by atoms with van der Waals surface area (Å²) in [6.45, 7) is 10.3. The monoisotopic (exact) mass is 249 g/mol. The van der Waals surface area contributed by atoms with Crippen molar-refractivity contribution in [3.8, 4) is 5.75 Å². The maximum absolute atomic E-state index is 11.5. The summed E-state index contributed by atoms with van der Waals surface area (Å²) < 4.78 is 5.67. The van der Waals surface area contributed by atoms with Crippen molar-refractivity contribution >= 4 is 5.91 Å². The Hall–Kier alpha value is -1.51. The number of benzene rings is 1. The van der Waals surface area contributed by atoms with E-state index in [0.717, 1.165) is 5.75 Å². The highest BCUT2D eigenvalue weighted by Gasteiger charge is 2.11. The van der Waals surface area contributed by atoms with Crippen LogP contribution in [-0.2, 0) is 4.79 Å². The standard InChI is InChI=1S/C15H23NO2/c1-10(2)15(17)16-13(5)9-18-14-7-6-11(3)12(4)8-14/h6-8,10,13H,9H2,1-5H3,(H,16,17)/t13-/m0/s1. The van der Waals surface area contributed by atoms with Gasteiger partial charge < -0.3 is 10.1 Å². The molecule has 3 nitrogen and oxygen atoms in total. The molecule has 0 saturated heterocycles. The van der Waals surface area contributed by atoms with Crippen molar-refractivity contribution in [1.29, 1.82) is 0 Å². The SMILES string of the molecule is Cc1ccc(OC[C@H](C)NC(=O)C(C)C)cc1C. The fourth-order valence-corrected chi connectivity index (χ4v) is 1.48. The highest BCUT2D eigenvalue weighted by Crippen LogP contribution is 2.16. The lowest BCUT2D eigenvalue weighted by Crippen LogP contribution is -2.39. The number of rotatable bonds is 5. The van der Waals surface area contributed by atoms with Gasteiger partial charge in [-0.25, -0.2) is 0 Å². The predicted molar refractivity (Wildman–Crippen MR) is 73.9 cm³/mol. The van der Waals surface area contributed by atoms with E-state index in [1.54, 1.807) is 0 Å². The van der Waals surface area contributed by atoms with Gasteiger partial charge in [0, 0.05) is 5.92 Å². The molecule has 1 amide bonds. The first-order valence-corrected chi connectivity index (χ1v) is 6.40. The number of hydrogen-bond acceptors (Lipinski definition) is 2. The zero-order chi connectivity index (χ0) is 13.7. The van der Waals surface area contributed by atoms with Crippen LogP contribution < -0.4 is 10.1 Å². The number of nitrogens with one attached hydrogen (secondary N) is 1. The summed E-state index contributed by atoms with van der Waals surface area (Å²) in [4.78, 5) is 11.5. The fraction of sp³-hybridized carbons (Fsp3) is 0.533. The predicted octanol–water partition coefficient (Wildman–Crippen LogP) is 2.84. The molecule has 0 aromatic heterocycles. The Labute approximate surface area is 110 Å². The number of hydrogen-bond donors (Lipinski definition) is 1. The summed E-state index contributed by atoms with van der Waals surface area (Å²) in [7, 11) is 0. The van der Waals surface area contributed by atoms with Crippen molar-refractivity contribution in [2.75, 3.05) is 6.61 Å². The van der Waals surface area contributed by atoms with Crippen molar-refractivity contribution in [3.05, 3.63) is 29.3 Å². The highest BCUT2D eigenvalue weighted by molar-refractivity contribution is 5.78. The van der Waals surface area contributed by atoms with Crippen LogP contribution in [0, 0.1) is 19.8 Å². The summed E-state index contributed by atoms with van der Waals surface area (Å²) in [6, 6.07) is 6.04. The Bertz CT molecular complexity index is 413. The molecule has 1 rings (SSSR count). The summed E-state index contributed by atoms with van der Waals surface area (Å²) in [5.74, 6) is 0.920. The second-order valence-corrected chi connectivity index (χ2v) is 5.12. The van der Waals surface area contributed by atoms with E-state index in [1.807, 2.05) is 39.0 Å². The molecule has 0 saturated carbocycles. The molecule has 0 aliphatic heterocycles. The van der Waals surface area contributed by atoms with Crippen LogP contribution in [0.3, 0.4) is 0 Å². The van der Waals surface area contributed by atoms with E-state index >= 15 is 0 Å². The number of amides is 1. The number of ether oxygens (including phenoxy) is 1. The molecule has 0 radical (unpaired) electrons. The van der Waals surface area contributed by atoms with E-state index in [1.165, 1.54) is 11.1 Å². The van der Waals surface area contributed by atoms with Crippen LogP contribution in [0.15, 0.2) is 18.2 Å². The van der Waals surface area contributed by atoms with E-state index in [9.17, 15) is 4.79 Å². The van der Waals surface area contributed by atoms with E-state index in [4.69, 9.17) is 4.74 Å².